The molecule has 1 N–H and O–H groups in total. The summed E-state index contributed by atoms with van der Waals surface area (Å²) < 4.78 is 33.6. The molecule has 0 heterocycles. The summed E-state index contributed by atoms with van der Waals surface area (Å²) in [5, 5.41) is 0. The van der Waals surface area contributed by atoms with Crippen LogP contribution in [-0.2, 0) is 10.0 Å². The maximum absolute atomic E-state index is 12.9. The molecule has 0 fully saturated rings. The molecule has 0 aromatic heterocycles. The van der Waals surface area contributed by atoms with Crippen LogP contribution < -0.4 is 9.46 Å². The molecule has 6 nitrogen and oxygen atoms in total. The zero-order valence-corrected chi connectivity index (χ0v) is 17.2. The van der Waals surface area contributed by atoms with Gasteiger partial charge in [-0.15, -0.1) is 0 Å². The fraction of sp³-hybridized carbons (Fsp3) is 0.350. The summed E-state index contributed by atoms with van der Waals surface area (Å²) in [5.74, 6) is 0.480. The lowest BCUT2D eigenvalue weighted by molar-refractivity contribution is 0.0773. The number of sulfonamides is 1. The lowest BCUT2D eigenvalue weighted by atomic mass is 10.1. The largest absolute Gasteiger partial charge is 0.497 e. The highest BCUT2D eigenvalue weighted by atomic mass is 32.2. The summed E-state index contributed by atoms with van der Waals surface area (Å²) in [6, 6.07) is 9.91. The van der Waals surface area contributed by atoms with E-state index in [9.17, 15) is 13.2 Å². The van der Waals surface area contributed by atoms with Crippen molar-refractivity contribution in [3.8, 4) is 5.75 Å². The molecule has 0 atom stereocenters. The fourth-order valence-electron chi connectivity index (χ4n) is 3.07. The highest BCUT2D eigenvalue weighted by molar-refractivity contribution is 7.92. The number of rotatable bonds is 7. The summed E-state index contributed by atoms with van der Waals surface area (Å²) in [7, 11) is -2.26. The molecular weight excluding hydrogens is 364 g/mol. The second-order valence-corrected chi connectivity index (χ2v) is 7.87. The van der Waals surface area contributed by atoms with Crippen molar-refractivity contribution in [1.82, 2.24) is 4.90 Å². The summed E-state index contributed by atoms with van der Waals surface area (Å²) in [5.41, 5.74) is 1.98. The third kappa shape index (κ3) is 4.60. The van der Waals surface area contributed by atoms with Crippen molar-refractivity contribution in [2.45, 2.75) is 32.6 Å². The molecule has 0 saturated carbocycles. The van der Waals surface area contributed by atoms with Gasteiger partial charge in [-0.2, -0.15) is 0 Å². The molecule has 2 aromatic carbocycles. The number of ether oxygens (including phenoxy) is 1. The lowest BCUT2D eigenvalue weighted by Gasteiger charge is -2.19. The molecule has 0 saturated heterocycles. The molecule has 0 radical (unpaired) electrons. The van der Waals surface area contributed by atoms with Gasteiger partial charge in [-0.1, -0.05) is 6.07 Å². The second-order valence-electron chi connectivity index (χ2n) is 6.25. The van der Waals surface area contributed by atoms with Crippen LogP contribution in [0.2, 0.25) is 0 Å². The number of anilines is 1. The van der Waals surface area contributed by atoms with Crippen LogP contribution in [0.5, 0.6) is 5.75 Å². The number of hydrogen-bond donors (Lipinski definition) is 1. The molecule has 1 amide bonds. The highest BCUT2D eigenvalue weighted by Gasteiger charge is 2.21. The van der Waals surface area contributed by atoms with E-state index in [-0.39, 0.29) is 10.8 Å². The van der Waals surface area contributed by atoms with E-state index in [1.807, 2.05) is 13.8 Å². The van der Waals surface area contributed by atoms with Gasteiger partial charge in [0.15, 0.2) is 0 Å². The molecular formula is C20H26N2O4S. The number of nitrogens with zero attached hydrogens (tertiary/aromatic N) is 1. The molecule has 0 unspecified atom stereocenters. The molecule has 146 valence electrons. The van der Waals surface area contributed by atoms with Gasteiger partial charge in [0.1, 0.15) is 5.75 Å². The number of carbonyl (C=O) groups is 1. The molecule has 0 bridgehead atoms. The van der Waals surface area contributed by atoms with Crippen molar-refractivity contribution < 1.29 is 17.9 Å². The molecule has 27 heavy (non-hydrogen) atoms. The van der Waals surface area contributed by atoms with Crippen molar-refractivity contribution in [1.29, 1.82) is 0 Å². The van der Waals surface area contributed by atoms with E-state index in [4.69, 9.17) is 4.74 Å². The van der Waals surface area contributed by atoms with Gasteiger partial charge in [0.25, 0.3) is 15.9 Å². The Morgan fingerprint density at radius 1 is 1.07 bits per heavy atom. The van der Waals surface area contributed by atoms with Crippen LogP contribution in [0.25, 0.3) is 0 Å². The van der Waals surface area contributed by atoms with E-state index in [0.717, 1.165) is 0 Å². The average molecular weight is 391 g/mol. The minimum absolute atomic E-state index is 0.127. The first kappa shape index (κ1) is 20.8. The molecule has 0 spiro atoms. The van der Waals surface area contributed by atoms with Gasteiger partial charge in [-0.05, 0) is 69.2 Å². The summed E-state index contributed by atoms with van der Waals surface area (Å²) >= 11 is 0. The topological polar surface area (TPSA) is 75.7 Å². The Labute approximate surface area is 161 Å². The lowest BCUT2D eigenvalue weighted by Crippen LogP contribution is -2.30. The third-order valence-electron chi connectivity index (χ3n) is 4.35. The van der Waals surface area contributed by atoms with Gasteiger partial charge in [-0.3, -0.25) is 9.52 Å². The zero-order chi connectivity index (χ0) is 20.2. The van der Waals surface area contributed by atoms with E-state index in [1.165, 1.54) is 0 Å². The first-order valence-electron chi connectivity index (χ1n) is 8.80. The van der Waals surface area contributed by atoms with Gasteiger partial charge < -0.3 is 9.64 Å². The normalized spacial score (nSPS) is 11.1. The minimum Gasteiger partial charge on any atom is -0.497 e. The maximum Gasteiger partial charge on any atom is 0.262 e. The van der Waals surface area contributed by atoms with Crippen molar-refractivity contribution >= 4 is 21.6 Å². The predicted molar refractivity (Wildman–Crippen MR) is 107 cm³/mol. The number of benzene rings is 2. The van der Waals surface area contributed by atoms with Gasteiger partial charge >= 0.3 is 0 Å². The number of aryl methyl sites for hydroxylation is 2. The minimum atomic E-state index is -3.80. The number of hydrogen-bond acceptors (Lipinski definition) is 4. The third-order valence-corrected chi connectivity index (χ3v) is 6.04. The Morgan fingerprint density at radius 3 is 2.19 bits per heavy atom. The Balaban J connectivity index is 2.37. The van der Waals surface area contributed by atoms with Crippen LogP contribution in [0.1, 0.15) is 35.3 Å². The van der Waals surface area contributed by atoms with Gasteiger partial charge in [0.2, 0.25) is 0 Å². The van der Waals surface area contributed by atoms with E-state index < -0.39 is 10.0 Å². The van der Waals surface area contributed by atoms with E-state index in [2.05, 4.69) is 4.72 Å². The van der Waals surface area contributed by atoms with Crippen LogP contribution in [0, 0.1) is 13.8 Å². The quantitative estimate of drug-likeness (QED) is 0.784. The first-order valence-corrected chi connectivity index (χ1v) is 10.3. The van der Waals surface area contributed by atoms with E-state index in [1.54, 1.807) is 62.3 Å². The monoisotopic (exact) mass is 390 g/mol. The molecule has 0 aliphatic rings. The molecule has 2 rings (SSSR count). The SMILES string of the molecule is CCN(CC)C(=O)c1cccc(NS(=O)(=O)c2c(C)cc(OC)cc2C)c1. The zero-order valence-electron chi connectivity index (χ0n) is 16.4. The standard InChI is InChI=1S/C20H26N2O4S/c1-6-22(7-2)20(23)16-9-8-10-17(13-16)21-27(24,25)19-14(3)11-18(26-5)12-15(19)4/h8-13,21H,6-7H2,1-5H3. The number of carbonyl (C=O) groups excluding carboxylic acids is 1. The number of amides is 1. The average Bonchev–Trinajstić information content (AvgIpc) is 2.61. The second kappa shape index (κ2) is 8.43. The summed E-state index contributed by atoms with van der Waals surface area (Å²) in [6.07, 6.45) is 0. The van der Waals surface area contributed by atoms with Crippen molar-refractivity contribution in [3.05, 3.63) is 53.1 Å². The number of methoxy groups -OCH3 is 1. The van der Waals surface area contributed by atoms with Crippen LogP contribution in [0.3, 0.4) is 0 Å². The van der Waals surface area contributed by atoms with Gasteiger partial charge in [-0.25, -0.2) is 8.42 Å². The molecule has 0 aliphatic carbocycles. The van der Waals surface area contributed by atoms with Gasteiger partial charge in [0, 0.05) is 24.3 Å². The van der Waals surface area contributed by atoms with E-state index in [0.29, 0.717) is 41.2 Å². The van der Waals surface area contributed by atoms with Crippen molar-refractivity contribution in [2.75, 3.05) is 24.9 Å². The molecule has 7 heteroatoms. The Hall–Kier alpha value is -2.54. The van der Waals surface area contributed by atoms with Crippen LogP contribution in [0.4, 0.5) is 5.69 Å². The first-order chi connectivity index (χ1) is 12.7. The van der Waals surface area contributed by atoms with Crippen molar-refractivity contribution in [3.63, 3.8) is 0 Å². The van der Waals surface area contributed by atoms with Gasteiger partial charge in [0.05, 0.1) is 12.0 Å². The maximum atomic E-state index is 12.9. The van der Waals surface area contributed by atoms with Crippen molar-refractivity contribution in [2.24, 2.45) is 0 Å². The van der Waals surface area contributed by atoms with Crippen LogP contribution >= 0.6 is 0 Å². The molecule has 0 aliphatic heterocycles. The smallest absolute Gasteiger partial charge is 0.262 e. The summed E-state index contributed by atoms with van der Waals surface area (Å²) in [6.45, 7) is 8.45. The number of nitrogens with one attached hydrogen (secondary N) is 1. The Kier molecular flexibility index (Phi) is 6.49. The molecule has 2 aromatic rings. The highest BCUT2D eigenvalue weighted by Crippen LogP contribution is 2.27. The Bertz CT molecular complexity index is 912. The summed E-state index contributed by atoms with van der Waals surface area (Å²) in [4.78, 5) is 14.4. The Morgan fingerprint density at radius 2 is 1.67 bits per heavy atom. The van der Waals surface area contributed by atoms with E-state index >= 15 is 0 Å². The predicted octanol–water partition coefficient (Wildman–Crippen LogP) is 3.59. The van der Waals surface area contributed by atoms with Crippen LogP contribution in [0.15, 0.2) is 41.3 Å². The van der Waals surface area contributed by atoms with Crippen LogP contribution in [-0.4, -0.2) is 39.4 Å². The fourth-order valence-corrected chi connectivity index (χ4v) is 4.57.